The van der Waals surface area contributed by atoms with Gasteiger partial charge in [0.05, 0.1) is 16.6 Å². The molecule has 0 unspecified atom stereocenters. The van der Waals surface area contributed by atoms with E-state index in [0.29, 0.717) is 6.04 Å². The highest BCUT2D eigenvalue weighted by molar-refractivity contribution is 6.30. The molecule has 6 heteroatoms. The molecule has 0 bridgehead atoms. The third-order valence-electron chi connectivity index (χ3n) is 6.61. The van der Waals surface area contributed by atoms with Crippen LogP contribution in [0.1, 0.15) is 59.6 Å². The Bertz CT molecular complexity index is 1320. The van der Waals surface area contributed by atoms with Crippen molar-refractivity contribution in [3.8, 4) is 11.4 Å². The number of nitrogens with one attached hydrogen (secondary N) is 1. The van der Waals surface area contributed by atoms with Crippen LogP contribution in [0.15, 0.2) is 66.7 Å². The van der Waals surface area contributed by atoms with Crippen molar-refractivity contribution in [1.29, 1.82) is 0 Å². The number of benzene rings is 3. The standard InChI is InChI=1S/C28H28ClN3O2/c29-23-9-5-7-20(15-23)18-30-17-19-6-4-8-21(14-19)27-31-25-16-22(28(33)34)12-13-26(25)32(27)24-10-2-1-3-11-24/h4-9,12-16,24,30H,1-3,10-11,17-18H2,(H,33,34). The first-order valence-corrected chi connectivity index (χ1v) is 12.3. The molecule has 34 heavy (non-hydrogen) atoms. The Morgan fingerprint density at radius 1 is 0.971 bits per heavy atom. The van der Waals surface area contributed by atoms with Crippen molar-refractivity contribution in [2.24, 2.45) is 0 Å². The average molecular weight is 474 g/mol. The molecule has 1 fully saturated rings. The summed E-state index contributed by atoms with van der Waals surface area (Å²) in [5.74, 6) is -0.00966. The number of imidazole rings is 1. The van der Waals surface area contributed by atoms with Crippen molar-refractivity contribution in [2.75, 3.05) is 0 Å². The van der Waals surface area contributed by atoms with Crippen molar-refractivity contribution in [3.05, 3.63) is 88.4 Å². The zero-order chi connectivity index (χ0) is 23.5. The summed E-state index contributed by atoms with van der Waals surface area (Å²) in [6.07, 6.45) is 5.95. The molecule has 4 aromatic rings. The summed E-state index contributed by atoms with van der Waals surface area (Å²) in [4.78, 5) is 16.5. The van der Waals surface area contributed by atoms with E-state index < -0.39 is 5.97 Å². The van der Waals surface area contributed by atoms with Gasteiger partial charge in [-0.05, 0) is 60.4 Å². The Labute approximate surface area is 204 Å². The van der Waals surface area contributed by atoms with Gasteiger partial charge in [0.1, 0.15) is 5.82 Å². The van der Waals surface area contributed by atoms with Crippen LogP contribution < -0.4 is 5.32 Å². The van der Waals surface area contributed by atoms with E-state index in [0.717, 1.165) is 58.9 Å². The number of hydrogen-bond donors (Lipinski definition) is 2. The van der Waals surface area contributed by atoms with E-state index in [1.165, 1.54) is 24.8 Å². The third kappa shape index (κ3) is 4.86. The van der Waals surface area contributed by atoms with Crippen molar-refractivity contribution in [2.45, 2.75) is 51.2 Å². The Balaban J connectivity index is 1.46. The van der Waals surface area contributed by atoms with Crippen LogP contribution in [-0.2, 0) is 13.1 Å². The number of halogens is 1. The van der Waals surface area contributed by atoms with Crippen LogP contribution in [0.4, 0.5) is 0 Å². The zero-order valence-electron chi connectivity index (χ0n) is 19.0. The van der Waals surface area contributed by atoms with E-state index in [9.17, 15) is 9.90 Å². The van der Waals surface area contributed by atoms with E-state index in [1.54, 1.807) is 12.1 Å². The maximum atomic E-state index is 11.5. The number of rotatable bonds is 7. The van der Waals surface area contributed by atoms with Gasteiger partial charge in [-0.1, -0.05) is 61.2 Å². The van der Waals surface area contributed by atoms with E-state index in [4.69, 9.17) is 16.6 Å². The first-order valence-electron chi connectivity index (χ1n) is 11.9. The Morgan fingerprint density at radius 2 is 1.71 bits per heavy atom. The highest BCUT2D eigenvalue weighted by Gasteiger charge is 2.23. The van der Waals surface area contributed by atoms with Crippen LogP contribution in [-0.4, -0.2) is 20.6 Å². The first-order chi connectivity index (χ1) is 16.6. The second-order valence-electron chi connectivity index (χ2n) is 9.04. The molecule has 0 spiro atoms. The number of hydrogen-bond acceptors (Lipinski definition) is 3. The summed E-state index contributed by atoms with van der Waals surface area (Å²) in [6, 6.07) is 22.0. The largest absolute Gasteiger partial charge is 0.478 e. The summed E-state index contributed by atoms with van der Waals surface area (Å²) >= 11 is 6.10. The predicted molar refractivity (Wildman–Crippen MR) is 136 cm³/mol. The molecule has 0 saturated heterocycles. The number of fused-ring (bicyclic) bond motifs is 1. The van der Waals surface area contributed by atoms with Crippen LogP contribution in [0.2, 0.25) is 5.02 Å². The minimum absolute atomic E-state index is 0.270. The van der Waals surface area contributed by atoms with Gasteiger partial charge in [0.25, 0.3) is 0 Å². The van der Waals surface area contributed by atoms with Crippen molar-refractivity contribution in [1.82, 2.24) is 14.9 Å². The molecule has 174 valence electrons. The van der Waals surface area contributed by atoms with E-state index in [-0.39, 0.29) is 5.56 Å². The first kappa shape index (κ1) is 22.6. The second-order valence-corrected chi connectivity index (χ2v) is 9.48. The monoisotopic (exact) mass is 473 g/mol. The molecule has 3 aromatic carbocycles. The number of aromatic carboxylic acids is 1. The number of carboxylic acids is 1. The molecule has 0 aliphatic heterocycles. The second kappa shape index (κ2) is 10.00. The number of nitrogens with zero attached hydrogens (tertiary/aromatic N) is 2. The summed E-state index contributed by atoms with van der Waals surface area (Å²) < 4.78 is 2.35. The maximum Gasteiger partial charge on any atom is 0.335 e. The van der Waals surface area contributed by atoms with Crippen molar-refractivity contribution in [3.63, 3.8) is 0 Å². The minimum atomic E-state index is -0.927. The lowest BCUT2D eigenvalue weighted by Gasteiger charge is -2.25. The smallest absolute Gasteiger partial charge is 0.335 e. The van der Waals surface area contributed by atoms with Crippen LogP contribution in [0.3, 0.4) is 0 Å². The van der Waals surface area contributed by atoms with E-state index in [1.807, 2.05) is 24.3 Å². The van der Waals surface area contributed by atoms with Gasteiger partial charge >= 0.3 is 5.97 Å². The molecule has 0 atom stereocenters. The fourth-order valence-corrected chi connectivity index (χ4v) is 5.18. The summed E-state index contributed by atoms with van der Waals surface area (Å²) in [5, 5.41) is 13.7. The fourth-order valence-electron chi connectivity index (χ4n) is 4.96. The molecule has 0 amide bonds. The van der Waals surface area contributed by atoms with Crippen molar-refractivity contribution < 1.29 is 9.90 Å². The van der Waals surface area contributed by atoms with Gasteiger partial charge in [-0.25, -0.2) is 9.78 Å². The third-order valence-corrected chi connectivity index (χ3v) is 6.84. The summed E-state index contributed by atoms with van der Waals surface area (Å²) in [7, 11) is 0. The predicted octanol–water partition coefficient (Wildman–Crippen LogP) is 6.85. The van der Waals surface area contributed by atoms with Gasteiger partial charge in [0.2, 0.25) is 0 Å². The normalized spacial score (nSPS) is 14.5. The van der Waals surface area contributed by atoms with E-state index >= 15 is 0 Å². The van der Waals surface area contributed by atoms with Gasteiger partial charge in [-0.15, -0.1) is 0 Å². The van der Waals surface area contributed by atoms with E-state index in [2.05, 4.69) is 40.2 Å². The minimum Gasteiger partial charge on any atom is -0.478 e. The van der Waals surface area contributed by atoms with Gasteiger partial charge in [0.15, 0.2) is 0 Å². The molecule has 1 saturated carbocycles. The van der Waals surface area contributed by atoms with Gasteiger partial charge in [-0.3, -0.25) is 0 Å². The Hall–Kier alpha value is -3.15. The zero-order valence-corrected chi connectivity index (χ0v) is 19.8. The van der Waals surface area contributed by atoms with Gasteiger partial charge in [0, 0.05) is 29.7 Å². The number of carboxylic acid groups (broad SMARTS) is 1. The fraction of sp³-hybridized carbons (Fsp3) is 0.286. The Morgan fingerprint density at radius 3 is 2.44 bits per heavy atom. The average Bonchev–Trinajstić information content (AvgIpc) is 3.24. The van der Waals surface area contributed by atoms with Gasteiger partial charge < -0.3 is 15.0 Å². The SMILES string of the molecule is O=C(O)c1ccc2c(c1)nc(-c1cccc(CNCc3cccc(Cl)c3)c1)n2C1CCCCC1. The maximum absolute atomic E-state index is 11.5. The molecule has 5 rings (SSSR count). The molecule has 2 N–H and O–H groups in total. The van der Waals surface area contributed by atoms with Crippen LogP contribution in [0.25, 0.3) is 22.4 Å². The molecule has 1 heterocycles. The molecular formula is C28H28ClN3O2. The number of carbonyl (C=O) groups is 1. The number of aromatic nitrogens is 2. The lowest BCUT2D eigenvalue weighted by molar-refractivity contribution is 0.0697. The molecule has 0 radical (unpaired) electrons. The molecule has 1 aromatic heterocycles. The topological polar surface area (TPSA) is 67.2 Å². The highest BCUT2D eigenvalue weighted by Crippen LogP contribution is 2.36. The molecule has 1 aliphatic carbocycles. The Kier molecular flexibility index (Phi) is 6.66. The van der Waals surface area contributed by atoms with Crippen molar-refractivity contribution >= 4 is 28.6 Å². The van der Waals surface area contributed by atoms with Crippen LogP contribution >= 0.6 is 11.6 Å². The molecule has 1 aliphatic rings. The lowest BCUT2D eigenvalue weighted by atomic mass is 9.94. The van der Waals surface area contributed by atoms with Crippen LogP contribution in [0.5, 0.6) is 0 Å². The summed E-state index contributed by atoms with van der Waals surface area (Å²) in [6.45, 7) is 1.47. The summed E-state index contributed by atoms with van der Waals surface area (Å²) in [5.41, 5.74) is 5.40. The molecule has 5 nitrogen and oxygen atoms in total. The lowest BCUT2D eigenvalue weighted by Crippen LogP contribution is -2.14. The highest BCUT2D eigenvalue weighted by atomic mass is 35.5. The quantitative estimate of drug-likeness (QED) is 0.308. The molecular weight excluding hydrogens is 446 g/mol. The van der Waals surface area contributed by atoms with Gasteiger partial charge in [-0.2, -0.15) is 0 Å². The van der Waals surface area contributed by atoms with Crippen LogP contribution in [0, 0.1) is 0 Å².